The van der Waals surface area contributed by atoms with Gasteiger partial charge >= 0.3 is 0 Å². The van der Waals surface area contributed by atoms with Crippen molar-refractivity contribution in [3.05, 3.63) is 0 Å². The highest BCUT2D eigenvalue weighted by atomic mass is 16.2. The lowest BCUT2D eigenvalue weighted by Gasteiger charge is -2.36. The van der Waals surface area contributed by atoms with Crippen LogP contribution in [0.25, 0.3) is 0 Å². The summed E-state index contributed by atoms with van der Waals surface area (Å²) in [6, 6.07) is 0.351. The first-order valence-electron chi connectivity index (χ1n) is 7.63. The predicted molar refractivity (Wildman–Crippen MR) is 74.4 cm³/mol. The van der Waals surface area contributed by atoms with E-state index in [-0.39, 0.29) is 11.3 Å². The first-order chi connectivity index (χ1) is 8.62. The zero-order valence-electron chi connectivity index (χ0n) is 11.9. The Bertz CT molecular complexity index is 278. The van der Waals surface area contributed by atoms with E-state index in [1.54, 1.807) is 0 Å². The van der Waals surface area contributed by atoms with Gasteiger partial charge in [-0.05, 0) is 51.6 Å². The zero-order valence-corrected chi connectivity index (χ0v) is 11.9. The summed E-state index contributed by atoms with van der Waals surface area (Å²) in [5, 5.41) is 6.62. The third-order valence-corrected chi connectivity index (χ3v) is 4.97. The van der Waals surface area contributed by atoms with Crippen LogP contribution in [-0.2, 0) is 4.79 Å². The first-order valence-corrected chi connectivity index (χ1v) is 7.63. The van der Waals surface area contributed by atoms with E-state index < -0.39 is 0 Å². The molecule has 2 aliphatic rings. The second-order valence-electron chi connectivity index (χ2n) is 6.47. The van der Waals surface area contributed by atoms with Crippen LogP contribution in [0, 0.1) is 11.3 Å². The number of piperidine rings is 1. The molecule has 1 aliphatic carbocycles. The van der Waals surface area contributed by atoms with Crippen molar-refractivity contribution in [3.63, 3.8) is 0 Å². The van der Waals surface area contributed by atoms with Crippen molar-refractivity contribution in [2.75, 3.05) is 13.1 Å². The van der Waals surface area contributed by atoms with Crippen molar-refractivity contribution < 1.29 is 4.79 Å². The molecule has 0 unspecified atom stereocenters. The quantitative estimate of drug-likeness (QED) is 0.810. The van der Waals surface area contributed by atoms with Crippen molar-refractivity contribution in [2.45, 2.75) is 64.8 Å². The predicted octanol–water partition coefficient (Wildman–Crippen LogP) is 2.46. The second-order valence-corrected chi connectivity index (χ2v) is 6.47. The van der Waals surface area contributed by atoms with Gasteiger partial charge in [0.15, 0.2) is 0 Å². The third-order valence-electron chi connectivity index (χ3n) is 4.97. The molecule has 2 fully saturated rings. The highest BCUT2D eigenvalue weighted by molar-refractivity contribution is 5.82. The summed E-state index contributed by atoms with van der Waals surface area (Å²) >= 11 is 0. The number of carbonyl (C=O) groups is 1. The fraction of sp³-hybridized carbons (Fsp3) is 0.933. The molecule has 1 amide bonds. The number of rotatable bonds is 3. The minimum atomic E-state index is -0.145. The molecule has 1 saturated heterocycles. The van der Waals surface area contributed by atoms with E-state index in [1.165, 1.54) is 32.1 Å². The number of hydrogen-bond acceptors (Lipinski definition) is 2. The molecule has 2 rings (SSSR count). The Morgan fingerprint density at radius 2 is 1.83 bits per heavy atom. The molecule has 0 radical (unpaired) electrons. The van der Waals surface area contributed by atoms with Gasteiger partial charge in [-0.3, -0.25) is 4.79 Å². The Balaban J connectivity index is 1.85. The van der Waals surface area contributed by atoms with E-state index in [1.807, 2.05) is 0 Å². The molecule has 0 bridgehead atoms. The third kappa shape index (κ3) is 3.25. The van der Waals surface area contributed by atoms with E-state index >= 15 is 0 Å². The minimum Gasteiger partial charge on any atom is -0.353 e. The highest BCUT2D eigenvalue weighted by Crippen LogP contribution is 2.30. The molecule has 18 heavy (non-hydrogen) atoms. The fourth-order valence-electron chi connectivity index (χ4n) is 3.34. The summed E-state index contributed by atoms with van der Waals surface area (Å²) in [7, 11) is 0. The normalized spacial score (nSPS) is 26.6. The van der Waals surface area contributed by atoms with Gasteiger partial charge in [0.2, 0.25) is 5.91 Å². The van der Waals surface area contributed by atoms with Gasteiger partial charge < -0.3 is 10.6 Å². The Morgan fingerprint density at radius 1 is 1.22 bits per heavy atom. The average molecular weight is 252 g/mol. The van der Waals surface area contributed by atoms with Crippen LogP contribution in [0.1, 0.15) is 58.8 Å². The average Bonchev–Trinajstić information content (AvgIpc) is 2.40. The van der Waals surface area contributed by atoms with E-state index in [0.717, 1.165) is 25.9 Å². The Labute approximate surface area is 111 Å². The largest absolute Gasteiger partial charge is 0.353 e. The Kier molecular flexibility index (Phi) is 4.66. The van der Waals surface area contributed by atoms with Crippen molar-refractivity contribution >= 4 is 5.91 Å². The minimum absolute atomic E-state index is 0.145. The van der Waals surface area contributed by atoms with Gasteiger partial charge in [0.1, 0.15) is 0 Å². The van der Waals surface area contributed by atoms with Gasteiger partial charge in [0.05, 0.1) is 0 Å². The molecular formula is C15H28N2O. The van der Waals surface area contributed by atoms with Crippen molar-refractivity contribution in [2.24, 2.45) is 11.3 Å². The molecule has 1 heterocycles. The van der Waals surface area contributed by atoms with E-state index in [9.17, 15) is 4.79 Å². The van der Waals surface area contributed by atoms with Crippen LogP contribution >= 0.6 is 0 Å². The molecule has 2 N–H and O–H groups in total. The van der Waals surface area contributed by atoms with Gasteiger partial charge in [0, 0.05) is 11.5 Å². The first kappa shape index (κ1) is 13.9. The van der Waals surface area contributed by atoms with Gasteiger partial charge in [-0.2, -0.15) is 0 Å². The summed E-state index contributed by atoms with van der Waals surface area (Å²) in [6.45, 7) is 6.26. The van der Waals surface area contributed by atoms with E-state index in [0.29, 0.717) is 12.0 Å². The standard InChI is InChI=1S/C15H28N2O/c1-12(13-6-4-3-5-7-13)17-14(18)15(2)8-10-16-11-9-15/h12-13,16H,3-11H2,1-2H3,(H,17,18)/t12-/m1/s1. The lowest BCUT2D eigenvalue weighted by molar-refractivity contribution is -0.132. The van der Waals surface area contributed by atoms with Crippen LogP contribution in [-0.4, -0.2) is 25.0 Å². The molecule has 1 aliphatic heterocycles. The van der Waals surface area contributed by atoms with Crippen molar-refractivity contribution in [1.82, 2.24) is 10.6 Å². The molecule has 104 valence electrons. The van der Waals surface area contributed by atoms with Crippen LogP contribution in [0.4, 0.5) is 0 Å². The van der Waals surface area contributed by atoms with Gasteiger partial charge in [-0.25, -0.2) is 0 Å². The lowest BCUT2D eigenvalue weighted by atomic mass is 9.79. The fourth-order valence-corrected chi connectivity index (χ4v) is 3.34. The SMILES string of the molecule is C[C@@H](NC(=O)C1(C)CCNCC1)C1CCCCC1. The van der Waals surface area contributed by atoms with Crippen LogP contribution in [0.5, 0.6) is 0 Å². The maximum absolute atomic E-state index is 12.4. The van der Waals surface area contributed by atoms with Gasteiger partial charge in [-0.15, -0.1) is 0 Å². The van der Waals surface area contributed by atoms with Crippen LogP contribution in [0.15, 0.2) is 0 Å². The number of carbonyl (C=O) groups excluding carboxylic acids is 1. The molecule has 0 aromatic heterocycles. The number of hydrogen-bond donors (Lipinski definition) is 2. The maximum Gasteiger partial charge on any atom is 0.226 e. The number of amides is 1. The summed E-state index contributed by atoms with van der Waals surface area (Å²) < 4.78 is 0. The molecule has 1 saturated carbocycles. The summed E-state index contributed by atoms with van der Waals surface area (Å²) in [5.74, 6) is 0.982. The smallest absolute Gasteiger partial charge is 0.226 e. The molecular weight excluding hydrogens is 224 g/mol. The monoisotopic (exact) mass is 252 g/mol. The van der Waals surface area contributed by atoms with Gasteiger partial charge in [-0.1, -0.05) is 26.2 Å². The Morgan fingerprint density at radius 3 is 2.44 bits per heavy atom. The molecule has 0 aromatic rings. The molecule has 0 aromatic carbocycles. The van der Waals surface area contributed by atoms with E-state index in [4.69, 9.17) is 0 Å². The number of nitrogens with one attached hydrogen (secondary N) is 2. The summed E-state index contributed by atoms with van der Waals surface area (Å²) in [4.78, 5) is 12.4. The zero-order chi connectivity index (χ0) is 13.0. The van der Waals surface area contributed by atoms with E-state index in [2.05, 4.69) is 24.5 Å². The maximum atomic E-state index is 12.4. The van der Waals surface area contributed by atoms with Crippen LogP contribution in [0.3, 0.4) is 0 Å². The molecule has 1 atom stereocenters. The summed E-state index contributed by atoms with van der Waals surface area (Å²) in [5.41, 5.74) is -0.145. The highest BCUT2D eigenvalue weighted by Gasteiger charge is 2.35. The topological polar surface area (TPSA) is 41.1 Å². The van der Waals surface area contributed by atoms with Gasteiger partial charge in [0.25, 0.3) is 0 Å². The lowest BCUT2D eigenvalue weighted by Crippen LogP contribution is -2.49. The van der Waals surface area contributed by atoms with Crippen LogP contribution < -0.4 is 10.6 Å². The van der Waals surface area contributed by atoms with Crippen molar-refractivity contribution in [3.8, 4) is 0 Å². The molecule has 3 heteroatoms. The van der Waals surface area contributed by atoms with Crippen molar-refractivity contribution in [1.29, 1.82) is 0 Å². The summed E-state index contributed by atoms with van der Waals surface area (Å²) in [6.07, 6.45) is 8.57. The Hall–Kier alpha value is -0.570. The molecule has 0 spiro atoms. The molecule has 3 nitrogen and oxygen atoms in total. The van der Waals surface area contributed by atoms with Crippen LogP contribution in [0.2, 0.25) is 0 Å². The second kappa shape index (κ2) is 6.05.